The molecule has 1 aromatic carbocycles. The van der Waals surface area contributed by atoms with Crippen LogP contribution in [0.1, 0.15) is 51.0 Å². The number of aliphatic hydroxyl groups is 2. The first-order valence-electron chi connectivity index (χ1n) is 12.7. The quantitative estimate of drug-likeness (QED) is 0.731. The molecule has 0 unspecified atom stereocenters. The molecule has 6 heterocycles. The van der Waals surface area contributed by atoms with Crippen molar-refractivity contribution in [1.29, 1.82) is 0 Å². The van der Waals surface area contributed by atoms with E-state index >= 15 is 0 Å². The molecule has 168 valence electrons. The molecule has 1 spiro atoms. The van der Waals surface area contributed by atoms with Crippen LogP contribution in [0.4, 0.5) is 5.69 Å². The number of rotatable bonds is 3. The van der Waals surface area contributed by atoms with Gasteiger partial charge in [0.25, 0.3) is 0 Å². The van der Waals surface area contributed by atoms with E-state index < -0.39 is 0 Å². The van der Waals surface area contributed by atoms with Gasteiger partial charge in [0.2, 0.25) is 0 Å². The Morgan fingerprint density at radius 1 is 1.19 bits per heavy atom. The molecule has 0 radical (unpaired) electrons. The number of fused-ring (bicyclic) bond motifs is 2. The number of aliphatic hydroxyl groups excluding tert-OH is 2. The van der Waals surface area contributed by atoms with Crippen LogP contribution >= 0.6 is 0 Å². The van der Waals surface area contributed by atoms with Gasteiger partial charge >= 0.3 is 0 Å². The molecule has 5 heteroatoms. The summed E-state index contributed by atoms with van der Waals surface area (Å²) in [6.45, 7) is 4.03. The van der Waals surface area contributed by atoms with Crippen LogP contribution in [-0.2, 0) is 10.2 Å². The lowest BCUT2D eigenvalue weighted by molar-refractivity contribution is -1.04. The number of likely N-dealkylation sites (N-methyl/N-ethyl adjacent to an activating group) is 1. The summed E-state index contributed by atoms with van der Waals surface area (Å²) in [5.41, 5.74) is 2.49. The first-order chi connectivity index (χ1) is 15.1. The van der Waals surface area contributed by atoms with Crippen molar-refractivity contribution < 1.29 is 19.4 Å². The average molecular weight is 426 g/mol. The second-order valence-corrected chi connectivity index (χ2v) is 11.5. The molecule has 2 N–H and O–H groups in total. The molecule has 7 aliphatic rings. The summed E-state index contributed by atoms with van der Waals surface area (Å²) in [6.07, 6.45) is 6.30. The normalized spacial score (nSPS) is 53.7. The zero-order chi connectivity index (χ0) is 21.1. The number of para-hydroxylation sites is 1. The Labute approximate surface area is 185 Å². The summed E-state index contributed by atoms with van der Waals surface area (Å²) in [6, 6.07) is 9.80. The standard InChI is InChI=1S/C26H37N2O3/c1-3-16-17-12-20-23-26(18-9-4-5-10-19(18)27(23)2)13-21(22(17)24(26)29)28(20,25(16)30)14-15-8-6-7-11-31-15/h4-5,9-10,15-17,20-25,29-30H,3,6-8,11-14H2,1-2H3/q+1/t15-,16+,17+,20+,21+,22-,23+,24+,25-,26+,28+/m1/s1. The number of ether oxygens (including phenoxy) is 1. The molecule has 8 rings (SSSR count). The minimum absolute atomic E-state index is 0.169. The van der Waals surface area contributed by atoms with Crippen molar-refractivity contribution in [3.63, 3.8) is 0 Å². The van der Waals surface area contributed by atoms with E-state index in [0.29, 0.717) is 29.8 Å². The summed E-state index contributed by atoms with van der Waals surface area (Å²) >= 11 is 0. The van der Waals surface area contributed by atoms with E-state index in [0.717, 1.165) is 49.7 Å². The van der Waals surface area contributed by atoms with Crippen molar-refractivity contribution in [3.8, 4) is 0 Å². The second-order valence-electron chi connectivity index (χ2n) is 11.5. The predicted molar refractivity (Wildman–Crippen MR) is 119 cm³/mol. The van der Waals surface area contributed by atoms with E-state index in [1.165, 1.54) is 17.7 Å². The SMILES string of the molecule is CC[C@H]1[C@@H]2C[C@H]3[C@@H]4N(C)c5ccccc5[C@@]45C[C@@H]([C@@H]2[C@@H]5O)[N@@+]3(C[C@H]2CCCCO2)[C@@H]1O. The van der Waals surface area contributed by atoms with Crippen molar-refractivity contribution >= 4 is 5.69 Å². The van der Waals surface area contributed by atoms with Gasteiger partial charge in [-0.15, -0.1) is 0 Å². The van der Waals surface area contributed by atoms with Crippen LogP contribution in [-0.4, -0.2) is 71.5 Å². The Morgan fingerprint density at radius 2 is 2.03 bits per heavy atom. The third-order valence-electron chi connectivity index (χ3n) is 10.9. The second kappa shape index (κ2) is 6.25. The fourth-order valence-electron chi connectivity index (χ4n) is 10.1. The van der Waals surface area contributed by atoms with Crippen molar-refractivity contribution in [3.05, 3.63) is 29.8 Å². The maximum absolute atomic E-state index is 12.1. The summed E-state index contributed by atoms with van der Waals surface area (Å²) in [4.78, 5) is 2.48. The molecule has 5 bridgehead atoms. The number of piperidine rings is 4. The Balaban J connectivity index is 1.42. The van der Waals surface area contributed by atoms with Gasteiger partial charge < -0.3 is 19.8 Å². The van der Waals surface area contributed by atoms with Gasteiger partial charge in [0.15, 0.2) is 6.23 Å². The number of benzene rings is 1. The molecule has 6 fully saturated rings. The summed E-state index contributed by atoms with van der Waals surface area (Å²) in [7, 11) is 2.24. The number of hydrogen-bond donors (Lipinski definition) is 2. The van der Waals surface area contributed by atoms with Crippen LogP contribution in [0.5, 0.6) is 0 Å². The van der Waals surface area contributed by atoms with Crippen molar-refractivity contribution in [2.45, 2.75) is 87.4 Å². The maximum atomic E-state index is 12.1. The van der Waals surface area contributed by atoms with E-state index in [9.17, 15) is 10.2 Å². The molecule has 5 saturated heterocycles. The van der Waals surface area contributed by atoms with E-state index in [4.69, 9.17) is 4.74 Å². The lowest BCUT2D eigenvalue weighted by atomic mass is 9.60. The predicted octanol–water partition coefficient (Wildman–Crippen LogP) is 2.64. The Bertz CT molecular complexity index is 902. The molecule has 1 aliphatic carbocycles. The van der Waals surface area contributed by atoms with Crippen LogP contribution in [0.25, 0.3) is 0 Å². The molecular weight excluding hydrogens is 388 g/mol. The molecule has 0 aromatic heterocycles. The van der Waals surface area contributed by atoms with Gasteiger partial charge in [-0.05, 0) is 43.2 Å². The van der Waals surface area contributed by atoms with E-state index in [-0.39, 0.29) is 29.9 Å². The third-order valence-corrected chi connectivity index (χ3v) is 10.9. The monoisotopic (exact) mass is 425 g/mol. The molecule has 1 saturated carbocycles. The van der Waals surface area contributed by atoms with Crippen LogP contribution in [0.3, 0.4) is 0 Å². The molecule has 5 nitrogen and oxygen atoms in total. The summed E-state index contributed by atoms with van der Waals surface area (Å²) in [5, 5.41) is 24.1. The van der Waals surface area contributed by atoms with Crippen molar-refractivity contribution in [2.75, 3.05) is 25.1 Å². The van der Waals surface area contributed by atoms with Crippen LogP contribution in [0.15, 0.2) is 24.3 Å². The van der Waals surface area contributed by atoms with Crippen LogP contribution in [0.2, 0.25) is 0 Å². The number of quaternary nitrogens is 1. The minimum atomic E-state index is -0.319. The van der Waals surface area contributed by atoms with E-state index in [1.54, 1.807) is 0 Å². The molecule has 11 atom stereocenters. The van der Waals surface area contributed by atoms with Crippen LogP contribution < -0.4 is 4.90 Å². The van der Waals surface area contributed by atoms with Gasteiger partial charge in [0.1, 0.15) is 18.7 Å². The molecule has 1 aromatic rings. The smallest absolute Gasteiger partial charge is 0.194 e. The first-order valence-corrected chi connectivity index (χ1v) is 12.7. The Hall–Kier alpha value is -1.14. The van der Waals surface area contributed by atoms with Gasteiger partial charge in [-0.2, -0.15) is 0 Å². The largest absolute Gasteiger partial charge is 0.392 e. The summed E-state index contributed by atoms with van der Waals surface area (Å²) in [5.74, 6) is 1.05. The fourth-order valence-corrected chi connectivity index (χ4v) is 10.1. The highest BCUT2D eigenvalue weighted by atomic mass is 16.5. The number of anilines is 1. The van der Waals surface area contributed by atoms with Gasteiger partial charge in [-0.1, -0.05) is 25.1 Å². The first kappa shape index (κ1) is 19.3. The number of hydrogen-bond acceptors (Lipinski definition) is 4. The zero-order valence-electron chi connectivity index (χ0n) is 18.9. The van der Waals surface area contributed by atoms with Crippen molar-refractivity contribution in [1.82, 2.24) is 0 Å². The maximum Gasteiger partial charge on any atom is 0.194 e. The Morgan fingerprint density at radius 3 is 2.81 bits per heavy atom. The minimum Gasteiger partial charge on any atom is -0.392 e. The van der Waals surface area contributed by atoms with Gasteiger partial charge in [0.05, 0.1) is 23.6 Å². The van der Waals surface area contributed by atoms with Gasteiger partial charge in [-0.3, -0.25) is 4.48 Å². The third kappa shape index (κ3) is 2.01. The van der Waals surface area contributed by atoms with Gasteiger partial charge in [-0.25, -0.2) is 0 Å². The zero-order valence-corrected chi connectivity index (χ0v) is 18.9. The molecule has 6 aliphatic heterocycles. The highest BCUT2D eigenvalue weighted by Gasteiger charge is 2.83. The summed E-state index contributed by atoms with van der Waals surface area (Å²) < 4.78 is 7.08. The fraction of sp³-hybridized carbons (Fsp3) is 0.769. The average Bonchev–Trinajstić information content (AvgIpc) is 3.18. The molecule has 0 amide bonds. The molecular formula is C26H37N2O3+. The van der Waals surface area contributed by atoms with Gasteiger partial charge in [0, 0.05) is 44.0 Å². The van der Waals surface area contributed by atoms with Crippen LogP contribution in [0, 0.1) is 17.8 Å². The van der Waals surface area contributed by atoms with Crippen molar-refractivity contribution in [2.24, 2.45) is 17.8 Å². The van der Waals surface area contributed by atoms with E-state index in [1.807, 2.05) is 0 Å². The Kier molecular flexibility index (Phi) is 3.90. The number of nitrogens with zero attached hydrogens (tertiary/aromatic N) is 2. The molecule has 31 heavy (non-hydrogen) atoms. The van der Waals surface area contributed by atoms with E-state index in [2.05, 4.69) is 43.1 Å². The lowest BCUT2D eigenvalue weighted by Gasteiger charge is -2.68. The lowest BCUT2D eigenvalue weighted by Crippen LogP contribution is -2.83. The topological polar surface area (TPSA) is 52.9 Å². The highest BCUT2D eigenvalue weighted by Crippen LogP contribution is 2.71. The highest BCUT2D eigenvalue weighted by molar-refractivity contribution is 5.66.